The lowest BCUT2D eigenvalue weighted by molar-refractivity contribution is 0.126. The molecule has 206 valence electrons. The molecule has 1 aliphatic heterocycles. The van der Waals surface area contributed by atoms with Gasteiger partial charge in [0.2, 0.25) is 0 Å². The number of nitrogens with zero attached hydrogens (tertiary/aromatic N) is 1. The number of allylic oxidation sites excluding steroid dienone is 5. The highest BCUT2D eigenvalue weighted by atomic mass is 15.0. The van der Waals surface area contributed by atoms with Gasteiger partial charge in [-0.05, 0) is 101 Å². The van der Waals surface area contributed by atoms with Crippen molar-refractivity contribution < 1.29 is 0 Å². The maximum absolute atomic E-state index is 7.53. The van der Waals surface area contributed by atoms with E-state index in [9.17, 15) is 0 Å². The molecule has 1 saturated heterocycles. The molecular weight excluding hydrogens is 452 g/mol. The Kier molecular flexibility index (Phi) is 15.0. The Balaban J connectivity index is 0.000000775. The lowest BCUT2D eigenvalue weighted by Crippen LogP contribution is -2.57. The van der Waals surface area contributed by atoms with E-state index in [0.717, 1.165) is 39.5 Å². The molecule has 37 heavy (non-hydrogen) atoms. The van der Waals surface area contributed by atoms with Crippen LogP contribution in [-0.4, -0.2) is 30.1 Å². The zero-order valence-electron chi connectivity index (χ0n) is 25.5. The number of aliphatic imine (C=N–C) groups is 1. The Hall–Kier alpha value is -2.72. The number of benzene rings is 1. The quantitative estimate of drug-likeness (QED) is 0.256. The first-order chi connectivity index (χ1) is 17.3. The summed E-state index contributed by atoms with van der Waals surface area (Å²) in [5.41, 5.74) is 13.1. The highest BCUT2D eigenvalue weighted by molar-refractivity contribution is 6.10. The van der Waals surface area contributed by atoms with E-state index in [2.05, 4.69) is 58.4 Å². The monoisotopic (exact) mass is 506 g/mol. The van der Waals surface area contributed by atoms with Crippen LogP contribution in [0.15, 0.2) is 48.1 Å². The van der Waals surface area contributed by atoms with E-state index in [4.69, 9.17) is 11.1 Å². The van der Waals surface area contributed by atoms with Crippen LogP contribution in [0.25, 0.3) is 17.2 Å². The first-order valence-corrected chi connectivity index (χ1v) is 13.6. The number of piperidine rings is 1. The van der Waals surface area contributed by atoms with Crippen LogP contribution in [0, 0.1) is 18.3 Å². The van der Waals surface area contributed by atoms with Gasteiger partial charge in [0.15, 0.2) is 0 Å². The highest BCUT2D eigenvalue weighted by Gasteiger charge is 2.36. The van der Waals surface area contributed by atoms with Crippen molar-refractivity contribution in [3.63, 3.8) is 0 Å². The van der Waals surface area contributed by atoms with Gasteiger partial charge in [0, 0.05) is 41.8 Å². The van der Waals surface area contributed by atoms with E-state index in [1.165, 1.54) is 31.7 Å². The zero-order valence-corrected chi connectivity index (χ0v) is 25.5. The van der Waals surface area contributed by atoms with Crippen molar-refractivity contribution in [3.8, 4) is 0 Å². The summed E-state index contributed by atoms with van der Waals surface area (Å²) in [5.74, 6) is 0.913. The van der Waals surface area contributed by atoms with Gasteiger partial charge in [-0.25, -0.2) is 0 Å². The Labute approximate surface area is 228 Å². The lowest BCUT2D eigenvalue weighted by atomic mass is 9.75. The van der Waals surface area contributed by atoms with Crippen LogP contribution in [-0.2, 0) is 0 Å². The summed E-state index contributed by atoms with van der Waals surface area (Å²) in [6, 6.07) is 4.01. The van der Waals surface area contributed by atoms with E-state index in [0.29, 0.717) is 16.7 Å². The average Bonchev–Trinajstić information content (AvgIpc) is 2.84. The highest BCUT2D eigenvalue weighted by Crippen LogP contribution is 2.34. The van der Waals surface area contributed by atoms with Gasteiger partial charge < -0.3 is 16.5 Å². The summed E-state index contributed by atoms with van der Waals surface area (Å²) in [6.07, 6.45) is 14.7. The Morgan fingerprint density at radius 1 is 1.14 bits per heavy atom. The van der Waals surface area contributed by atoms with Crippen molar-refractivity contribution in [3.05, 3.63) is 65.4 Å². The van der Waals surface area contributed by atoms with Crippen LogP contribution in [0.5, 0.6) is 0 Å². The van der Waals surface area contributed by atoms with Crippen LogP contribution < -0.4 is 11.1 Å². The van der Waals surface area contributed by atoms with Gasteiger partial charge in [0.1, 0.15) is 0 Å². The van der Waals surface area contributed by atoms with Gasteiger partial charge in [-0.15, -0.1) is 0 Å². The molecule has 2 rings (SSSR count). The van der Waals surface area contributed by atoms with Crippen molar-refractivity contribution in [1.29, 1.82) is 5.41 Å². The minimum absolute atomic E-state index is 0.336. The molecule has 0 saturated carbocycles. The molecule has 0 radical (unpaired) electrons. The second-order valence-corrected chi connectivity index (χ2v) is 10.8. The van der Waals surface area contributed by atoms with Gasteiger partial charge >= 0.3 is 0 Å². The van der Waals surface area contributed by atoms with Gasteiger partial charge in [0.25, 0.3) is 0 Å². The standard InChI is InChI=1S/C20H25N3.C11H23N.C2H6/c1-6-7-19-16(4)18(14(2)8-9-15(3)23-5)10-11-20(19)17(12-21)13-22;1-6-9-7-10(2,3)12-11(4,5)8-9;1-2/h6-13,21H,2,22H2,1,3-5H3;9,12H,6-8H2,1-5H3;1-2H3/b7-6-,9-8-,17-13+,21-12?,23-15?;;. The molecule has 0 spiro atoms. The molecule has 0 bridgehead atoms. The SMILES string of the molecule is C=C(/C=C\C(C)=NC)c1ccc(/C(C=N)=C/N)c(/C=C\C)c1C.CC.CCC1CC(C)(C)NC(C)(C)C1. The number of hydrogen-bond donors (Lipinski definition) is 3. The lowest BCUT2D eigenvalue weighted by Gasteiger charge is -2.46. The fourth-order valence-corrected chi connectivity index (χ4v) is 5.13. The smallest absolute Gasteiger partial charge is 0.0314 e. The third-order valence-electron chi connectivity index (χ3n) is 6.57. The van der Waals surface area contributed by atoms with Gasteiger partial charge in [0.05, 0.1) is 0 Å². The number of nitrogens with two attached hydrogens (primary N) is 1. The third kappa shape index (κ3) is 11.1. The molecule has 4 heteroatoms. The summed E-state index contributed by atoms with van der Waals surface area (Å²) < 4.78 is 0. The van der Waals surface area contributed by atoms with Gasteiger partial charge in [-0.3, -0.25) is 4.99 Å². The van der Waals surface area contributed by atoms with Crippen molar-refractivity contribution in [2.24, 2.45) is 16.6 Å². The van der Waals surface area contributed by atoms with Crippen LogP contribution in [0.4, 0.5) is 0 Å². The summed E-state index contributed by atoms with van der Waals surface area (Å²) in [7, 11) is 1.77. The number of rotatable bonds is 7. The normalized spacial score (nSPS) is 17.6. The van der Waals surface area contributed by atoms with Crippen molar-refractivity contribution >= 4 is 29.1 Å². The van der Waals surface area contributed by atoms with Gasteiger partial charge in [-0.2, -0.15) is 0 Å². The maximum Gasteiger partial charge on any atom is 0.0314 e. The molecule has 1 heterocycles. The topological polar surface area (TPSA) is 74.3 Å². The summed E-state index contributed by atoms with van der Waals surface area (Å²) in [4.78, 5) is 4.11. The molecule has 1 aromatic carbocycles. The molecule has 4 nitrogen and oxygen atoms in total. The summed E-state index contributed by atoms with van der Waals surface area (Å²) in [5, 5.41) is 11.2. The average molecular weight is 507 g/mol. The van der Waals surface area contributed by atoms with Crippen LogP contribution in [0.3, 0.4) is 0 Å². The fraction of sp³-hybridized carbons (Fsp3) is 0.515. The van der Waals surface area contributed by atoms with Crippen LogP contribution in [0.2, 0.25) is 0 Å². The van der Waals surface area contributed by atoms with Gasteiger partial charge in [-0.1, -0.05) is 64.1 Å². The molecule has 0 amide bonds. The van der Waals surface area contributed by atoms with E-state index >= 15 is 0 Å². The largest absolute Gasteiger partial charge is 0.404 e. The van der Waals surface area contributed by atoms with Crippen LogP contribution in [0.1, 0.15) is 104 Å². The molecule has 0 atom stereocenters. The number of nitrogens with one attached hydrogen (secondary N) is 2. The molecule has 0 aromatic heterocycles. The minimum Gasteiger partial charge on any atom is -0.404 e. The molecule has 1 aromatic rings. The Morgan fingerprint density at radius 3 is 2.11 bits per heavy atom. The zero-order chi connectivity index (χ0) is 28.8. The molecular formula is C33H54N4. The third-order valence-corrected chi connectivity index (χ3v) is 6.57. The van der Waals surface area contributed by atoms with E-state index < -0.39 is 0 Å². The first-order valence-electron chi connectivity index (χ1n) is 13.6. The van der Waals surface area contributed by atoms with Crippen molar-refractivity contribution in [2.75, 3.05) is 7.05 Å². The predicted octanol–water partition coefficient (Wildman–Crippen LogP) is 8.62. The predicted molar refractivity (Wildman–Crippen MR) is 170 cm³/mol. The number of hydrogen-bond acceptors (Lipinski definition) is 4. The maximum atomic E-state index is 7.53. The first kappa shape index (κ1) is 34.3. The fourth-order valence-electron chi connectivity index (χ4n) is 5.13. The summed E-state index contributed by atoms with van der Waals surface area (Å²) in [6.45, 7) is 25.7. The second kappa shape index (κ2) is 16.2. The van der Waals surface area contributed by atoms with E-state index in [-0.39, 0.29) is 0 Å². The van der Waals surface area contributed by atoms with Crippen LogP contribution >= 0.6 is 0 Å². The molecule has 1 fully saturated rings. The van der Waals surface area contributed by atoms with E-state index in [1.54, 1.807) is 7.05 Å². The Bertz CT molecular complexity index is 987. The Morgan fingerprint density at radius 2 is 1.68 bits per heavy atom. The summed E-state index contributed by atoms with van der Waals surface area (Å²) >= 11 is 0. The molecule has 1 aliphatic rings. The second-order valence-electron chi connectivity index (χ2n) is 10.8. The molecule has 0 aliphatic carbocycles. The minimum atomic E-state index is 0.336. The van der Waals surface area contributed by atoms with E-state index in [1.807, 2.05) is 64.1 Å². The molecule has 4 N–H and O–H groups in total. The van der Waals surface area contributed by atoms with Crippen molar-refractivity contribution in [2.45, 2.75) is 99.6 Å². The molecule has 0 unspecified atom stereocenters. The van der Waals surface area contributed by atoms with Crippen molar-refractivity contribution in [1.82, 2.24) is 5.32 Å².